The lowest BCUT2D eigenvalue weighted by Gasteiger charge is -2.08. The zero-order valence-corrected chi connectivity index (χ0v) is 10.6. The number of aromatic nitrogens is 1. The summed E-state index contributed by atoms with van der Waals surface area (Å²) in [6.45, 7) is 0.582. The maximum Gasteiger partial charge on any atom is 0.119 e. The standard InChI is InChI=1S/C17H15NO/c1-2-9-17(10-3-1)19-14-15-7-6-8-16(13-15)18-11-4-5-12-18/h1-13H,14H2. The Labute approximate surface area is 112 Å². The molecule has 19 heavy (non-hydrogen) atoms. The SMILES string of the molecule is c1ccc(OCc2cccc(-n3cccc3)c2)cc1. The van der Waals surface area contributed by atoms with Gasteiger partial charge in [-0.25, -0.2) is 0 Å². The molecule has 0 amide bonds. The minimum absolute atomic E-state index is 0.582. The van der Waals surface area contributed by atoms with Crippen LogP contribution in [-0.4, -0.2) is 4.57 Å². The van der Waals surface area contributed by atoms with Crippen LogP contribution in [0.2, 0.25) is 0 Å². The highest BCUT2D eigenvalue weighted by atomic mass is 16.5. The monoisotopic (exact) mass is 249 g/mol. The second-order valence-corrected chi connectivity index (χ2v) is 4.36. The Kier molecular flexibility index (Phi) is 3.32. The summed E-state index contributed by atoms with van der Waals surface area (Å²) >= 11 is 0. The number of para-hydroxylation sites is 1. The van der Waals surface area contributed by atoms with Gasteiger partial charge in [0.1, 0.15) is 12.4 Å². The fourth-order valence-corrected chi connectivity index (χ4v) is 2.00. The summed E-state index contributed by atoms with van der Waals surface area (Å²) in [5, 5.41) is 0. The predicted molar refractivity (Wildman–Crippen MR) is 76.5 cm³/mol. The molecular weight excluding hydrogens is 234 g/mol. The third-order valence-corrected chi connectivity index (χ3v) is 2.96. The molecule has 2 nitrogen and oxygen atoms in total. The van der Waals surface area contributed by atoms with Gasteiger partial charge in [0.15, 0.2) is 0 Å². The predicted octanol–water partition coefficient (Wildman–Crippen LogP) is 4.06. The molecule has 0 bridgehead atoms. The summed E-state index contributed by atoms with van der Waals surface area (Å²) in [6, 6.07) is 22.3. The van der Waals surface area contributed by atoms with Crippen LogP contribution in [0.5, 0.6) is 5.75 Å². The van der Waals surface area contributed by atoms with Crippen molar-refractivity contribution in [3.8, 4) is 11.4 Å². The van der Waals surface area contributed by atoms with Gasteiger partial charge in [0.25, 0.3) is 0 Å². The summed E-state index contributed by atoms with van der Waals surface area (Å²) in [5.74, 6) is 0.897. The van der Waals surface area contributed by atoms with Crippen LogP contribution >= 0.6 is 0 Å². The van der Waals surface area contributed by atoms with Crippen molar-refractivity contribution in [1.29, 1.82) is 0 Å². The maximum absolute atomic E-state index is 5.76. The molecule has 1 heterocycles. The largest absolute Gasteiger partial charge is 0.489 e. The minimum atomic E-state index is 0.582. The van der Waals surface area contributed by atoms with Crippen LogP contribution in [-0.2, 0) is 6.61 Å². The first kappa shape index (κ1) is 11.6. The Morgan fingerprint density at radius 1 is 0.789 bits per heavy atom. The zero-order chi connectivity index (χ0) is 12.9. The van der Waals surface area contributed by atoms with E-state index in [-0.39, 0.29) is 0 Å². The lowest BCUT2D eigenvalue weighted by atomic mass is 10.2. The second kappa shape index (κ2) is 5.44. The molecule has 0 unspecified atom stereocenters. The van der Waals surface area contributed by atoms with Crippen LogP contribution in [0.4, 0.5) is 0 Å². The highest BCUT2D eigenvalue weighted by Gasteiger charge is 1.99. The summed E-state index contributed by atoms with van der Waals surface area (Å²) in [5.41, 5.74) is 2.31. The molecule has 3 aromatic rings. The van der Waals surface area contributed by atoms with E-state index in [1.165, 1.54) is 0 Å². The molecule has 0 aliphatic carbocycles. The molecule has 0 saturated carbocycles. The first-order valence-corrected chi connectivity index (χ1v) is 6.32. The van der Waals surface area contributed by atoms with Crippen LogP contribution in [0.3, 0.4) is 0 Å². The molecule has 0 atom stereocenters. The number of hydrogen-bond acceptors (Lipinski definition) is 1. The van der Waals surface area contributed by atoms with E-state index in [0.717, 1.165) is 17.0 Å². The van der Waals surface area contributed by atoms with E-state index in [1.807, 2.05) is 54.9 Å². The van der Waals surface area contributed by atoms with Gasteiger partial charge in [-0.1, -0.05) is 30.3 Å². The van der Waals surface area contributed by atoms with Crippen molar-refractivity contribution in [3.63, 3.8) is 0 Å². The van der Waals surface area contributed by atoms with Gasteiger partial charge in [-0.15, -0.1) is 0 Å². The second-order valence-electron chi connectivity index (χ2n) is 4.36. The summed E-state index contributed by atoms with van der Waals surface area (Å²) in [6.07, 6.45) is 4.08. The van der Waals surface area contributed by atoms with Crippen LogP contribution < -0.4 is 4.74 Å². The van der Waals surface area contributed by atoms with E-state index >= 15 is 0 Å². The van der Waals surface area contributed by atoms with Crippen LogP contribution in [0.15, 0.2) is 79.1 Å². The molecule has 0 spiro atoms. The Hall–Kier alpha value is -2.48. The average molecular weight is 249 g/mol. The van der Waals surface area contributed by atoms with Gasteiger partial charge >= 0.3 is 0 Å². The molecule has 0 aliphatic heterocycles. The van der Waals surface area contributed by atoms with Gasteiger partial charge in [0.2, 0.25) is 0 Å². The normalized spacial score (nSPS) is 10.3. The first-order chi connectivity index (χ1) is 9.42. The van der Waals surface area contributed by atoms with Crippen molar-refractivity contribution < 1.29 is 4.74 Å². The fourth-order valence-electron chi connectivity index (χ4n) is 2.00. The van der Waals surface area contributed by atoms with E-state index in [9.17, 15) is 0 Å². The van der Waals surface area contributed by atoms with Gasteiger partial charge in [-0.05, 0) is 42.0 Å². The van der Waals surface area contributed by atoms with Crippen molar-refractivity contribution in [3.05, 3.63) is 84.7 Å². The van der Waals surface area contributed by atoms with Crippen molar-refractivity contribution in [2.45, 2.75) is 6.61 Å². The van der Waals surface area contributed by atoms with E-state index < -0.39 is 0 Å². The van der Waals surface area contributed by atoms with E-state index in [4.69, 9.17) is 4.74 Å². The molecule has 94 valence electrons. The van der Waals surface area contributed by atoms with Crippen molar-refractivity contribution in [1.82, 2.24) is 4.57 Å². The lowest BCUT2D eigenvalue weighted by Crippen LogP contribution is -1.97. The van der Waals surface area contributed by atoms with E-state index in [2.05, 4.69) is 28.8 Å². The molecule has 2 heteroatoms. The molecule has 3 rings (SSSR count). The summed E-state index contributed by atoms with van der Waals surface area (Å²) in [4.78, 5) is 0. The van der Waals surface area contributed by atoms with E-state index in [0.29, 0.717) is 6.61 Å². The van der Waals surface area contributed by atoms with Gasteiger partial charge < -0.3 is 9.30 Å². The molecule has 1 aromatic heterocycles. The number of rotatable bonds is 4. The molecule has 0 saturated heterocycles. The van der Waals surface area contributed by atoms with Crippen LogP contribution in [0.1, 0.15) is 5.56 Å². The molecule has 0 aliphatic rings. The molecule has 0 N–H and O–H groups in total. The van der Waals surface area contributed by atoms with Crippen LogP contribution in [0, 0.1) is 0 Å². The smallest absolute Gasteiger partial charge is 0.119 e. The Morgan fingerprint density at radius 3 is 2.37 bits per heavy atom. The topological polar surface area (TPSA) is 14.2 Å². The van der Waals surface area contributed by atoms with Gasteiger partial charge in [-0.3, -0.25) is 0 Å². The molecule has 0 fully saturated rings. The number of hydrogen-bond donors (Lipinski definition) is 0. The number of nitrogens with zero attached hydrogens (tertiary/aromatic N) is 1. The highest BCUT2D eigenvalue weighted by molar-refractivity contribution is 5.36. The maximum atomic E-state index is 5.76. The number of benzene rings is 2. The fraction of sp³-hybridized carbons (Fsp3) is 0.0588. The quantitative estimate of drug-likeness (QED) is 0.680. The third-order valence-electron chi connectivity index (χ3n) is 2.96. The lowest BCUT2D eigenvalue weighted by molar-refractivity contribution is 0.306. The Morgan fingerprint density at radius 2 is 1.58 bits per heavy atom. The average Bonchev–Trinajstić information content (AvgIpc) is 3.01. The van der Waals surface area contributed by atoms with Gasteiger partial charge in [0, 0.05) is 18.1 Å². The highest BCUT2D eigenvalue weighted by Crippen LogP contribution is 2.14. The Balaban J connectivity index is 1.74. The third kappa shape index (κ3) is 2.86. The zero-order valence-electron chi connectivity index (χ0n) is 10.6. The summed E-state index contributed by atoms with van der Waals surface area (Å²) < 4.78 is 7.84. The van der Waals surface area contributed by atoms with Crippen LogP contribution in [0.25, 0.3) is 5.69 Å². The van der Waals surface area contributed by atoms with Gasteiger partial charge in [0.05, 0.1) is 0 Å². The Bertz CT molecular complexity index is 629. The van der Waals surface area contributed by atoms with Crippen molar-refractivity contribution in [2.24, 2.45) is 0 Å². The van der Waals surface area contributed by atoms with Gasteiger partial charge in [-0.2, -0.15) is 0 Å². The molecule has 2 aromatic carbocycles. The van der Waals surface area contributed by atoms with Crippen molar-refractivity contribution in [2.75, 3.05) is 0 Å². The first-order valence-electron chi connectivity index (χ1n) is 6.32. The number of ether oxygens (including phenoxy) is 1. The van der Waals surface area contributed by atoms with E-state index in [1.54, 1.807) is 0 Å². The van der Waals surface area contributed by atoms with Crippen molar-refractivity contribution >= 4 is 0 Å². The summed E-state index contributed by atoms with van der Waals surface area (Å²) in [7, 11) is 0. The molecule has 0 radical (unpaired) electrons. The molecular formula is C17H15NO. The minimum Gasteiger partial charge on any atom is -0.489 e.